The van der Waals surface area contributed by atoms with Gasteiger partial charge in [0.1, 0.15) is 5.52 Å². The second kappa shape index (κ2) is 3.54. The van der Waals surface area contributed by atoms with Gasteiger partial charge in [-0.05, 0) is 12.0 Å². The summed E-state index contributed by atoms with van der Waals surface area (Å²) in [5.41, 5.74) is 1.86. The number of fused-ring (bicyclic) bond motifs is 1. The molecule has 0 spiro atoms. The molecule has 0 N–H and O–H groups in total. The van der Waals surface area contributed by atoms with Gasteiger partial charge in [0.2, 0.25) is 0 Å². The average molecular weight is 225 g/mol. The summed E-state index contributed by atoms with van der Waals surface area (Å²) in [6.45, 7) is 4.79. The van der Waals surface area contributed by atoms with Crippen molar-refractivity contribution in [1.82, 2.24) is 4.98 Å². The summed E-state index contributed by atoms with van der Waals surface area (Å²) < 4.78 is 31.4. The molecule has 0 saturated heterocycles. The van der Waals surface area contributed by atoms with Gasteiger partial charge in [0.05, 0.1) is 0 Å². The van der Waals surface area contributed by atoms with Gasteiger partial charge in [0, 0.05) is 24.8 Å². The number of hydrogen-bond donors (Lipinski definition) is 0. The molecule has 0 saturated carbocycles. The van der Waals surface area contributed by atoms with E-state index in [0.29, 0.717) is 11.1 Å². The van der Waals surface area contributed by atoms with Gasteiger partial charge in [-0.15, -0.1) is 0 Å². The Balaban J connectivity index is 2.66. The summed E-state index contributed by atoms with van der Waals surface area (Å²) in [4.78, 5) is 4.03. The van der Waals surface area contributed by atoms with Crippen LogP contribution in [0.5, 0.6) is 0 Å². The lowest BCUT2D eigenvalue weighted by Crippen LogP contribution is -2.04. The molecule has 2 rings (SSSR count). The van der Waals surface area contributed by atoms with Crippen LogP contribution < -0.4 is 0 Å². The van der Waals surface area contributed by atoms with Crippen molar-refractivity contribution < 1.29 is 13.2 Å². The van der Waals surface area contributed by atoms with Crippen LogP contribution in [0, 0.1) is 0 Å². The quantitative estimate of drug-likeness (QED) is 0.770. The van der Waals surface area contributed by atoms with Gasteiger partial charge in [-0.1, -0.05) is 13.8 Å². The molecule has 2 nitrogen and oxygen atoms in total. The Labute approximate surface area is 92.3 Å². The third-order valence-electron chi connectivity index (χ3n) is 2.50. The molecule has 0 radical (unpaired) electrons. The molecule has 0 bridgehead atoms. The Kier molecular flexibility index (Phi) is 2.45. The molecule has 0 aliphatic carbocycles. The molecule has 4 heteroatoms. The minimum absolute atomic E-state index is 0.218. The van der Waals surface area contributed by atoms with Gasteiger partial charge >= 0.3 is 5.92 Å². The molecule has 2 aromatic heterocycles. The van der Waals surface area contributed by atoms with E-state index in [4.69, 9.17) is 4.42 Å². The first-order valence-corrected chi connectivity index (χ1v) is 5.16. The summed E-state index contributed by atoms with van der Waals surface area (Å²) in [6.07, 6.45) is 1.62. The predicted octanol–water partition coefficient (Wildman–Crippen LogP) is 4.06. The van der Waals surface area contributed by atoms with Crippen LogP contribution in [0.4, 0.5) is 8.78 Å². The van der Waals surface area contributed by atoms with E-state index < -0.39 is 5.92 Å². The smallest absolute Gasteiger partial charge is 0.302 e. The fraction of sp³-hybridized carbons (Fsp3) is 0.417. The van der Waals surface area contributed by atoms with E-state index in [0.717, 1.165) is 12.5 Å². The second-order valence-electron chi connectivity index (χ2n) is 4.27. The van der Waals surface area contributed by atoms with Crippen LogP contribution in [-0.2, 0) is 5.92 Å². The van der Waals surface area contributed by atoms with Gasteiger partial charge in [-0.2, -0.15) is 8.78 Å². The van der Waals surface area contributed by atoms with Crippen LogP contribution in [0.15, 0.2) is 22.7 Å². The van der Waals surface area contributed by atoms with Crippen LogP contribution in [0.3, 0.4) is 0 Å². The van der Waals surface area contributed by atoms with Crippen molar-refractivity contribution in [3.8, 4) is 0 Å². The van der Waals surface area contributed by atoms with Crippen LogP contribution in [0.1, 0.15) is 38.0 Å². The molecule has 16 heavy (non-hydrogen) atoms. The van der Waals surface area contributed by atoms with Crippen LogP contribution in [0.2, 0.25) is 0 Å². The Bertz CT molecular complexity index is 511. The highest BCUT2D eigenvalue weighted by Crippen LogP contribution is 2.34. The van der Waals surface area contributed by atoms with E-state index in [9.17, 15) is 8.78 Å². The molecule has 0 aromatic carbocycles. The summed E-state index contributed by atoms with van der Waals surface area (Å²) in [6, 6.07) is 3.11. The van der Waals surface area contributed by atoms with Crippen molar-refractivity contribution in [1.29, 1.82) is 0 Å². The van der Waals surface area contributed by atoms with E-state index in [1.165, 1.54) is 6.07 Å². The Hall–Kier alpha value is -1.45. The molecule has 2 aromatic rings. The summed E-state index contributed by atoms with van der Waals surface area (Å²) in [7, 11) is 0. The molecular weight excluding hydrogens is 212 g/mol. The number of rotatable bonds is 2. The molecular formula is C12H13F2NO. The van der Waals surface area contributed by atoms with Crippen LogP contribution in [0.25, 0.3) is 11.1 Å². The number of hydrogen-bond acceptors (Lipinski definition) is 2. The van der Waals surface area contributed by atoms with E-state index >= 15 is 0 Å². The van der Waals surface area contributed by atoms with Crippen molar-refractivity contribution in [2.24, 2.45) is 0 Å². The van der Waals surface area contributed by atoms with Gasteiger partial charge in [-0.25, -0.2) is 0 Å². The highest BCUT2D eigenvalue weighted by molar-refractivity contribution is 5.77. The summed E-state index contributed by atoms with van der Waals surface area (Å²) in [5.74, 6) is -3.08. The minimum Gasteiger partial charge on any atom is -0.453 e. The van der Waals surface area contributed by atoms with E-state index in [-0.39, 0.29) is 11.7 Å². The summed E-state index contributed by atoms with van der Waals surface area (Å²) in [5, 5.41) is 0. The van der Waals surface area contributed by atoms with Gasteiger partial charge in [0.25, 0.3) is 0 Å². The maximum absolute atomic E-state index is 13.1. The summed E-state index contributed by atoms with van der Waals surface area (Å²) >= 11 is 0. The zero-order chi connectivity index (χ0) is 11.9. The largest absolute Gasteiger partial charge is 0.453 e. The Morgan fingerprint density at radius 2 is 2.06 bits per heavy atom. The number of nitrogens with zero attached hydrogens (tertiary/aromatic N) is 1. The van der Waals surface area contributed by atoms with Crippen LogP contribution in [-0.4, -0.2) is 4.98 Å². The first-order chi connectivity index (χ1) is 7.39. The fourth-order valence-corrected chi connectivity index (χ4v) is 1.63. The van der Waals surface area contributed by atoms with Gasteiger partial charge in [-0.3, -0.25) is 4.98 Å². The third-order valence-corrected chi connectivity index (χ3v) is 2.50. The van der Waals surface area contributed by atoms with E-state index in [2.05, 4.69) is 4.98 Å². The second-order valence-corrected chi connectivity index (χ2v) is 4.27. The first-order valence-electron chi connectivity index (χ1n) is 5.16. The van der Waals surface area contributed by atoms with Crippen molar-refractivity contribution in [2.75, 3.05) is 0 Å². The molecule has 0 aliphatic heterocycles. The zero-order valence-corrected chi connectivity index (χ0v) is 9.42. The van der Waals surface area contributed by atoms with E-state index in [1.54, 1.807) is 12.3 Å². The standard InChI is InChI=1S/C12H13F2NO/c1-7(2)8-4-5-15-9-6-10(12(3,13)14)16-11(8)9/h4-7H,1-3H3. The SMILES string of the molecule is CC(C)c1ccnc2cc(C(C)(F)F)oc12. The lowest BCUT2D eigenvalue weighted by Gasteiger charge is -2.06. The topological polar surface area (TPSA) is 26.0 Å². The number of aromatic nitrogens is 1. The fourth-order valence-electron chi connectivity index (χ4n) is 1.63. The number of alkyl halides is 2. The van der Waals surface area contributed by atoms with E-state index in [1.807, 2.05) is 13.8 Å². The molecule has 0 unspecified atom stereocenters. The molecule has 0 amide bonds. The molecule has 0 aliphatic rings. The maximum Gasteiger partial charge on any atom is 0.302 e. The monoisotopic (exact) mass is 225 g/mol. The molecule has 2 heterocycles. The first kappa shape index (κ1) is 11.0. The lowest BCUT2D eigenvalue weighted by atomic mass is 10.0. The number of halogens is 2. The molecule has 86 valence electrons. The Morgan fingerprint density at radius 3 is 2.62 bits per heavy atom. The van der Waals surface area contributed by atoms with Gasteiger partial charge in [0.15, 0.2) is 11.3 Å². The maximum atomic E-state index is 13.1. The van der Waals surface area contributed by atoms with Crippen molar-refractivity contribution in [3.63, 3.8) is 0 Å². The highest BCUT2D eigenvalue weighted by Gasteiger charge is 2.29. The third kappa shape index (κ3) is 1.79. The molecule has 0 fully saturated rings. The predicted molar refractivity (Wildman–Crippen MR) is 57.7 cm³/mol. The van der Waals surface area contributed by atoms with Crippen molar-refractivity contribution >= 4 is 11.1 Å². The Morgan fingerprint density at radius 1 is 1.38 bits per heavy atom. The average Bonchev–Trinajstić information content (AvgIpc) is 2.59. The normalized spacial score (nSPS) is 12.6. The van der Waals surface area contributed by atoms with Crippen LogP contribution >= 0.6 is 0 Å². The van der Waals surface area contributed by atoms with Crippen molar-refractivity contribution in [2.45, 2.75) is 32.6 Å². The van der Waals surface area contributed by atoms with Crippen molar-refractivity contribution in [3.05, 3.63) is 29.7 Å². The minimum atomic E-state index is -2.96. The highest BCUT2D eigenvalue weighted by atomic mass is 19.3. The van der Waals surface area contributed by atoms with Gasteiger partial charge < -0.3 is 4.42 Å². The number of furan rings is 1. The molecule has 0 atom stereocenters. The number of pyridine rings is 1. The lowest BCUT2D eigenvalue weighted by molar-refractivity contribution is -0.00387. The zero-order valence-electron chi connectivity index (χ0n) is 9.42.